The highest BCUT2D eigenvalue weighted by Crippen LogP contribution is 2.34. The number of halogens is 1. The third-order valence-corrected chi connectivity index (χ3v) is 5.65. The number of hydrogen-bond acceptors (Lipinski definition) is 1. The summed E-state index contributed by atoms with van der Waals surface area (Å²) in [5.74, 6) is 1.94. The Morgan fingerprint density at radius 3 is 2.50 bits per heavy atom. The molecule has 0 N–H and O–H groups in total. The van der Waals surface area contributed by atoms with E-state index in [9.17, 15) is 4.79 Å². The van der Waals surface area contributed by atoms with Crippen LogP contribution >= 0.6 is 15.9 Å². The molecular weight excluding hydrogens is 266 g/mol. The molecule has 2 nitrogen and oxygen atoms in total. The second-order valence-corrected chi connectivity index (χ2v) is 6.76. The summed E-state index contributed by atoms with van der Waals surface area (Å²) in [5.41, 5.74) is 0. The maximum Gasteiger partial charge on any atom is 0.225 e. The van der Waals surface area contributed by atoms with Crippen molar-refractivity contribution >= 4 is 21.8 Å². The molecular formula is C13H22BrNO. The molecule has 4 atom stereocenters. The lowest BCUT2D eigenvalue weighted by Crippen LogP contribution is -2.46. The number of rotatable bonds is 1. The van der Waals surface area contributed by atoms with E-state index in [4.69, 9.17) is 0 Å². The third kappa shape index (κ3) is 2.44. The van der Waals surface area contributed by atoms with Crippen molar-refractivity contribution in [3.05, 3.63) is 0 Å². The molecule has 1 aliphatic heterocycles. The number of alkyl halides is 1. The van der Waals surface area contributed by atoms with E-state index in [-0.39, 0.29) is 0 Å². The second-order valence-electron chi connectivity index (χ2n) is 5.58. The van der Waals surface area contributed by atoms with Gasteiger partial charge < -0.3 is 4.90 Å². The molecule has 0 aromatic heterocycles. The standard InChI is InChI=1S/C13H22BrNO/c1-9-4-3-5-11(9)13(16)15-7-6-12(14)10(2)8-15/h9-12H,3-8H2,1-2H3. The van der Waals surface area contributed by atoms with Crippen molar-refractivity contribution in [3.63, 3.8) is 0 Å². The Morgan fingerprint density at radius 1 is 1.19 bits per heavy atom. The number of nitrogens with zero attached hydrogens (tertiary/aromatic N) is 1. The monoisotopic (exact) mass is 287 g/mol. The molecule has 3 heteroatoms. The van der Waals surface area contributed by atoms with Gasteiger partial charge in [0.25, 0.3) is 0 Å². The van der Waals surface area contributed by atoms with Crippen LogP contribution in [-0.2, 0) is 4.79 Å². The van der Waals surface area contributed by atoms with Crippen molar-refractivity contribution in [1.29, 1.82) is 0 Å². The number of carbonyl (C=O) groups is 1. The number of carbonyl (C=O) groups excluding carboxylic acids is 1. The molecule has 4 unspecified atom stereocenters. The van der Waals surface area contributed by atoms with Gasteiger partial charge >= 0.3 is 0 Å². The minimum Gasteiger partial charge on any atom is -0.342 e. The maximum absolute atomic E-state index is 12.4. The van der Waals surface area contributed by atoms with Crippen molar-refractivity contribution in [2.45, 2.75) is 44.4 Å². The molecule has 1 saturated heterocycles. The Bertz CT molecular complexity index is 269. The Labute approximate surface area is 107 Å². The zero-order chi connectivity index (χ0) is 11.7. The van der Waals surface area contributed by atoms with Crippen LogP contribution in [0.5, 0.6) is 0 Å². The molecule has 1 amide bonds. The van der Waals surface area contributed by atoms with E-state index in [0.717, 1.165) is 25.9 Å². The van der Waals surface area contributed by atoms with Gasteiger partial charge in [-0.25, -0.2) is 0 Å². The van der Waals surface area contributed by atoms with Crippen LogP contribution in [0.15, 0.2) is 0 Å². The Kier molecular flexibility index (Phi) is 3.93. The van der Waals surface area contributed by atoms with Gasteiger partial charge in [-0.2, -0.15) is 0 Å². The largest absolute Gasteiger partial charge is 0.342 e. The van der Waals surface area contributed by atoms with Crippen LogP contribution in [0.2, 0.25) is 0 Å². The minimum absolute atomic E-state index is 0.319. The van der Waals surface area contributed by atoms with Crippen molar-refractivity contribution in [1.82, 2.24) is 4.90 Å². The highest BCUT2D eigenvalue weighted by atomic mass is 79.9. The molecule has 0 bridgehead atoms. The van der Waals surface area contributed by atoms with Gasteiger partial charge in [0.15, 0.2) is 0 Å². The highest BCUT2D eigenvalue weighted by molar-refractivity contribution is 9.09. The smallest absolute Gasteiger partial charge is 0.225 e. The van der Waals surface area contributed by atoms with Crippen LogP contribution in [0.4, 0.5) is 0 Å². The average molecular weight is 288 g/mol. The summed E-state index contributed by atoms with van der Waals surface area (Å²) in [7, 11) is 0. The molecule has 1 aliphatic carbocycles. The van der Waals surface area contributed by atoms with Crippen LogP contribution in [0.25, 0.3) is 0 Å². The summed E-state index contributed by atoms with van der Waals surface area (Å²) in [5, 5.41) is 0. The van der Waals surface area contributed by atoms with Crippen LogP contribution in [-0.4, -0.2) is 28.7 Å². The first-order chi connectivity index (χ1) is 7.59. The topological polar surface area (TPSA) is 20.3 Å². The SMILES string of the molecule is CC1CN(C(=O)C2CCCC2C)CCC1Br. The zero-order valence-corrected chi connectivity index (χ0v) is 11.9. The number of likely N-dealkylation sites (tertiary alicyclic amines) is 1. The fourth-order valence-electron chi connectivity index (χ4n) is 3.06. The van der Waals surface area contributed by atoms with Gasteiger partial charge in [-0.05, 0) is 31.1 Å². The lowest BCUT2D eigenvalue weighted by Gasteiger charge is -2.36. The molecule has 1 saturated carbocycles. The highest BCUT2D eigenvalue weighted by Gasteiger charge is 2.35. The van der Waals surface area contributed by atoms with Gasteiger partial charge in [0, 0.05) is 23.8 Å². The van der Waals surface area contributed by atoms with E-state index in [1.165, 1.54) is 12.8 Å². The van der Waals surface area contributed by atoms with Gasteiger partial charge in [0.05, 0.1) is 0 Å². The average Bonchev–Trinajstić information content (AvgIpc) is 2.67. The summed E-state index contributed by atoms with van der Waals surface area (Å²) < 4.78 is 0. The van der Waals surface area contributed by atoms with Crippen LogP contribution in [0, 0.1) is 17.8 Å². The number of amides is 1. The Balaban J connectivity index is 1.95. The third-order valence-electron chi connectivity index (χ3n) is 4.29. The predicted octanol–water partition coefficient (Wildman–Crippen LogP) is 3.05. The van der Waals surface area contributed by atoms with Crippen LogP contribution < -0.4 is 0 Å². The molecule has 0 spiro atoms. The lowest BCUT2D eigenvalue weighted by atomic mass is 9.93. The van der Waals surface area contributed by atoms with Crippen molar-refractivity contribution in [2.24, 2.45) is 17.8 Å². The normalized spacial score (nSPS) is 40.1. The molecule has 2 aliphatic rings. The van der Waals surface area contributed by atoms with E-state index in [1.54, 1.807) is 0 Å². The lowest BCUT2D eigenvalue weighted by molar-refractivity contribution is -0.138. The van der Waals surface area contributed by atoms with Crippen molar-refractivity contribution < 1.29 is 4.79 Å². The van der Waals surface area contributed by atoms with Gasteiger partial charge in [0.1, 0.15) is 0 Å². The predicted molar refractivity (Wildman–Crippen MR) is 69.6 cm³/mol. The molecule has 0 radical (unpaired) electrons. The van der Waals surface area contributed by atoms with E-state index in [0.29, 0.717) is 28.5 Å². The van der Waals surface area contributed by atoms with Gasteiger partial charge in [0.2, 0.25) is 5.91 Å². The van der Waals surface area contributed by atoms with Crippen molar-refractivity contribution in [2.75, 3.05) is 13.1 Å². The molecule has 0 aromatic rings. The Hall–Kier alpha value is -0.0500. The van der Waals surface area contributed by atoms with E-state index in [2.05, 4.69) is 34.7 Å². The summed E-state index contributed by atoms with van der Waals surface area (Å²) in [6.07, 6.45) is 4.69. The molecule has 92 valence electrons. The van der Waals surface area contributed by atoms with Gasteiger partial charge in [-0.3, -0.25) is 4.79 Å². The van der Waals surface area contributed by atoms with Gasteiger partial charge in [-0.1, -0.05) is 36.2 Å². The zero-order valence-electron chi connectivity index (χ0n) is 10.3. The fraction of sp³-hybridized carbons (Fsp3) is 0.923. The molecule has 2 rings (SSSR count). The Morgan fingerprint density at radius 2 is 1.94 bits per heavy atom. The van der Waals surface area contributed by atoms with Crippen LogP contribution in [0.1, 0.15) is 39.5 Å². The van der Waals surface area contributed by atoms with Crippen molar-refractivity contribution in [3.8, 4) is 0 Å². The maximum atomic E-state index is 12.4. The molecule has 0 aromatic carbocycles. The molecule has 16 heavy (non-hydrogen) atoms. The summed E-state index contributed by atoms with van der Waals surface area (Å²) >= 11 is 3.69. The first-order valence-electron chi connectivity index (χ1n) is 6.52. The second kappa shape index (κ2) is 5.07. The summed E-state index contributed by atoms with van der Waals surface area (Å²) in [6, 6.07) is 0. The van der Waals surface area contributed by atoms with E-state index >= 15 is 0 Å². The quantitative estimate of drug-likeness (QED) is 0.679. The fourth-order valence-corrected chi connectivity index (χ4v) is 3.44. The number of piperidine rings is 1. The minimum atomic E-state index is 0.319. The molecule has 2 fully saturated rings. The van der Waals surface area contributed by atoms with E-state index in [1.807, 2.05) is 0 Å². The number of hydrogen-bond donors (Lipinski definition) is 0. The van der Waals surface area contributed by atoms with E-state index < -0.39 is 0 Å². The molecule has 1 heterocycles. The van der Waals surface area contributed by atoms with Crippen LogP contribution in [0.3, 0.4) is 0 Å². The van der Waals surface area contributed by atoms with Gasteiger partial charge in [-0.15, -0.1) is 0 Å². The summed E-state index contributed by atoms with van der Waals surface area (Å²) in [6.45, 7) is 6.35. The first-order valence-corrected chi connectivity index (χ1v) is 7.44. The first kappa shape index (κ1) is 12.4. The summed E-state index contributed by atoms with van der Waals surface area (Å²) in [4.78, 5) is 15.1.